The van der Waals surface area contributed by atoms with Gasteiger partial charge in [0, 0.05) is 23.5 Å². The van der Waals surface area contributed by atoms with E-state index in [9.17, 15) is 13.6 Å². The number of pyridine rings is 1. The third-order valence-electron chi connectivity index (χ3n) is 2.44. The first-order chi connectivity index (χ1) is 9.09. The van der Waals surface area contributed by atoms with Crippen LogP contribution in [0, 0.1) is 0 Å². The summed E-state index contributed by atoms with van der Waals surface area (Å²) in [4.78, 5) is 14.9. The van der Waals surface area contributed by atoms with Crippen molar-refractivity contribution in [3.05, 3.63) is 48.3 Å². The molecule has 2 aromatic rings. The molecule has 98 valence electrons. The zero-order valence-electron chi connectivity index (χ0n) is 9.59. The molecule has 1 N–H and O–H groups in total. The van der Waals surface area contributed by atoms with Crippen LogP contribution in [0.3, 0.4) is 0 Å². The lowest BCUT2D eigenvalue weighted by Crippen LogP contribution is -2.05. The molecule has 19 heavy (non-hydrogen) atoms. The number of nitrogens with zero attached hydrogens (tertiary/aromatic N) is 1. The first kappa shape index (κ1) is 12.9. The van der Waals surface area contributed by atoms with Gasteiger partial charge in [-0.25, -0.2) is 4.79 Å². The van der Waals surface area contributed by atoms with Gasteiger partial charge in [-0.2, -0.15) is 8.78 Å². The monoisotopic (exact) mass is 265 g/mol. The number of aromatic nitrogens is 1. The van der Waals surface area contributed by atoms with Crippen LogP contribution in [0.4, 0.5) is 8.78 Å². The van der Waals surface area contributed by atoms with E-state index in [-0.39, 0.29) is 22.4 Å². The van der Waals surface area contributed by atoms with Gasteiger partial charge in [0.25, 0.3) is 0 Å². The first-order valence-electron chi connectivity index (χ1n) is 5.31. The Morgan fingerprint density at radius 2 is 1.95 bits per heavy atom. The molecule has 4 nitrogen and oxygen atoms in total. The summed E-state index contributed by atoms with van der Waals surface area (Å²) in [6.45, 7) is -2.98. The fraction of sp³-hybridized carbons (Fsp3) is 0.0769. The minimum atomic E-state index is -2.98. The maximum absolute atomic E-state index is 12.3. The molecule has 0 saturated carbocycles. The zero-order valence-corrected chi connectivity index (χ0v) is 9.59. The van der Waals surface area contributed by atoms with Crippen LogP contribution >= 0.6 is 0 Å². The van der Waals surface area contributed by atoms with Crippen molar-refractivity contribution in [1.82, 2.24) is 4.98 Å². The SMILES string of the molecule is O=C(O)c1ccncc1-c1ccccc1OC(F)F. The van der Waals surface area contributed by atoms with E-state index in [1.54, 1.807) is 6.07 Å². The molecule has 0 spiro atoms. The molecule has 0 radical (unpaired) electrons. The Morgan fingerprint density at radius 3 is 2.63 bits per heavy atom. The second kappa shape index (κ2) is 5.43. The largest absolute Gasteiger partial charge is 0.478 e. The summed E-state index contributed by atoms with van der Waals surface area (Å²) in [5.41, 5.74) is 0.458. The zero-order chi connectivity index (χ0) is 13.8. The van der Waals surface area contributed by atoms with Crippen LogP contribution in [0.5, 0.6) is 5.75 Å². The number of ether oxygens (including phenoxy) is 1. The smallest absolute Gasteiger partial charge is 0.387 e. The molecule has 1 heterocycles. The van der Waals surface area contributed by atoms with E-state index < -0.39 is 12.6 Å². The third kappa shape index (κ3) is 2.85. The molecule has 0 saturated heterocycles. The van der Waals surface area contributed by atoms with Gasteiger partial charge in [0.15, 0.2) is 0 Å². The summed E-state index contributed by atoms with van der Waals surface area (Å²) in [6.07, 6.45) is 2.63. The molecular weight excluding hydrogens is 256 g/mol. The summed E-state index contributed by atoms with van der Waals surface area (Å²) < 4.78 is 29.0. The van der Waals surface area contributed by atoms with E-state index in [1.165, 1.54) is 36.7 Å². The summed E-state index contributed by atoms with van der Waals surface area (Å²) in [5.74, 6) is -1.25. The van der Waals surface area contributed by atoms with Gasteiger partial charge in [-0.05, 0) is 12.1 Å². The highest BCUT2D eigenvalue weighted by atomic mass is 19.3. The Hall–Kier alpha value is -2.50. The van der Waals surface area contributed by atoms with E-state index in [4.69, 9.17) is 5.11 Å². The molecular formula is C13H9F2NO3. The quantitative estimate of drug-likeness (QED) is 0.923. The standard InChI is InChI=1S/C13H9F2NO3/c14-13(15)19-11-4-2-1-3-8(11)10-7-16-6-5-9(10)12(17)18/h1-7,13H,(H,17,18). The van der Waals surface area contributed by atoms with Crippen LogP contribution in [-0.4, -0.2) is 22.7 Å². The van der Waals surface area contributed by atoms with Gasteiger partial charge >= 0.3 is 12.6 Å². The normalized spacial score (nSPS) is 10.5. The Labute approximate surface area is 107 Å². The lowest BCUT2D eigenvalue weighted by molar-refractivity contribution is -0.0494. The Balaban J connectivity index is 2.56. The maximum atomic E-state index is 12.3. The molecule has 0 aliphatic heterocycles. The summed E-state index contributed by atoms with van der Waals surface area (Å²) in [6, 6.07) is 7.28. The average molecular weight is 265 g/mol. The van der Waals surface area contributed by atoms with Crippen molar-refractivity contribution in [2.45, 2.75) is 6.61 Å². The highest BCUT2D eigenvalue weighted by molar-refractivity contribution is 5.96. The summed E-state index contributed by atoms with van der Waals surface area (Å²) in [7, 11) is 0. The van der Waals surface area contributed by atoms with E-state index in [1.807, 2.05) is 0 Å². The van der Waals surface area contributed by atoms with E-state index in [2.05, 4.69) is 9.72 Å². The number of hydrogen-bond donors (Lipinski definition) is 1. The summed E-state index contributed by atoms with van der Waals surface area (Å²) >= 11 is 0. The highest BCUT2D eigenvalue weighted by Crippen LogP contribution is 2.32. The minimum Gasteiger partial charge on any atom is -0.478 e. The summed E-state index contributed by atoms with van der Waals surface area (Å²) in [5, 5.41) is 9.08. The van der Waals surface area contributed by atoms with Gasteiger partial charge < -0.3 is 9.84 Å². The molecule has 0 unspecified atom stereocenters. The molecule has 6 heteroatoms. The second-order valence-corrected chi connectivity index (χ2v) is 3.60. The average Bonchev–Trinajstić information content (AvgIpc) is 2.38. The molecule has 0 fully saturated rings. The Kier molecular flexibility index (Phi) is 3.70. The van der Waals surface area contributed by atoms with Gasteiger partial charge in [0.05, 0.1) is 5.56 Å². The number of halogens is 2. The highest BCUT2D eigenvalue weighted by Gasteiger charge is 2.16. The van der Waals surface area contributed by atoms with Crippen molar-refractivity contribution >= 4 is 5.97 Å². The number of hydrogen-bond acceptors (Lipinski definition) is 3. The van der Waals surface area contributed by atoms with Gasteiger partial charge in [-0.1, -0.05) is 18.2 Å². The topological polar surface area (TPSA) is 59.4 Å². The Bertz CT molecular complexity index is 602. The number of carbonyl (C=O) groups is 1. The molecule has 0 bridgehead atoms. The number of rotatable bonds is 4. The van der Waals surface area contributed by atoms with Crippen molar-refractivity contribution in [1.29, 1.82) is 0 Å². The fourth-order valence-electron chi connectivity index (χ4n) is 1.68. The van der Waals surface area contributed by atoms with Crippen LogP contribution in [0.25, 0.3) is 11.1 Å². The van der Waals surface area contributed by atoms with Crippen molar-refractivity contribution in [2.24, 2.45) is 0 Å². The second-order valence-electron chi connectivity index (χ2n) is 3.60. The van der Waals surface area contributed by atoms with Gasteiger partial charge in [0.2, 0.25) is 0 Å². The van der Waals surface area contributed by atoms with Gasteiger partial charge in [-0.15, -0.1) is 0 Å². The molecule has 1 aromatic heterocycles. The third-order valence-corrected chi connectivity index (χ3v) is 2.44. The molecule has 0 aliphatic rings. The van der Waals surface area contributed by atoms with Crippen molar-refractivity contribution in [2.75, 3.05) is 0 Å². The number of carboxylic acids is 1. The number of benzene rings is 1. The maximum Gasteiger partial charge on any atom is 0.387 e. The minimum absolute atomic E-state index is 0.0275. The number of carboxylic acid groups (broad SMARTS) is 1. The Morgan fingerprint density at radius 1 is 1.21 bits per heavy atom. The van der Waals surface area contributed by atoms with E-state index in [0.717, 1.165) is 0 Å². The van der Waals surface area contributed by atoms with Crippen molar-refractivity contribution < 1.29 is 23.4 Å². The number of aromatic carboxylic acids is 1. The van der Waals surface area contributed by atoms with Crippen LogP contribution in [0.15, 0.2) is 42.7 Å². The predicted octanol–water partition coefficient (Wildman–Crippen LogP) is 3.05. The number of para-hydroxylation sites is 1. The fourth-order valence-corrected chi connectivity index (χ4v) is 1.68. The van der Waals surface area contributed by atoms with Crippen molar-refractivity contribution in [3.8, 4) is 16.9 Å². The van der Waals surface area contributed by atoms with Gasteiger partial charge in [0.1, 0.15) is 5.75 Å². The lowest BCUT2D eigenvalue weighted by atomic mass is 10.0. The predicted molar refractivity (Wildman–Crippen MR) is 63.3 cm³/mol. The van der Waals surface area contributed by atoms with Gasteiger partial charge in [-0.3, -0.25) is 4.98 Å². The lowest BCUT2D eigenvalue weighted by Gasteiger charge is -2.11. The molecule has 0 atom stereocenters. The number of alkyl halides is 2. The van der Waals surface area contributed by atoms with Crippen molar-refractivity contribution in [3.63, 3.8) is 0 Å². The van der Waals surface area contributed by atoms with E-state index in [0.29, 0.717) is 0 Å². The molecule has 2 rings (SSSR count). The first-order valence-corrected chi connectivity index (χ1v) is 5.31. The molecule has 0 amide bonds. The van der Waals surface area contributed by atoms with Crippen LogP contribution in [-0.2, 0) is 0 Å². The van der Waals surface area contributed by atoms with Crippen LogP contribution in [0.2, 0.25) is 0 Å². The molecule has 1 aromatic carbocycles. The molecule has 0 aliphatic carbocycles. The van der Waals surface area contributed by atoms with E-state index >= 15 is 0 Å². The van der Waals surface area contributed by atoms with Crippen LogP contribution in [0.1, 0.15) is 10.4 Å². The van der Waals surface area contributed by atoms with Crippen LogP contribution < -0.4 is 4.74 Å².